The van der Waals surface area contributed by atoms with E-state index in [1.807, 2.05) is 34.4 Å². The van der Waals surface area contributed by atoms with Crippen molar-refractivity contribution in [3.05, 3.63) is 47.2 Å². The number of rotatable bonds is 6. The van der Waals surface area contributed by atoms with Crippen LogP contribution in [0.4, 0.5) is 17.3 Å². The summed E-state index contributed by atoms with van der Waals surface area (Å²) < 4.78 is 8.56. The number of nitrogens with zero attached hydrogens (tertiary/aromatic N) is 5. The second kappa shape index (κ2) is 8.69. The summed E-state index contributed by atoms with van der Waals surface area (Å²) in [4.78, 5) is 8.42. The van der Waals surface area contributed by atoms with Crippen molar-refractivity contribution in [2.45, 2.75) is 0 Å². The lowest BCUT2D eigenvalue weighted by Gasteiger charge is -2.08. The molecule has 3 rings (SSSR count). The number of likely N-dealkylation sites (N-methyl/N-ethyl adjacent to an activating group) is 1. The first-order valence-corrected chi connectivity index (χ1v) is 9.50. The highest BCUT2D eigenvalue weighted by Crippen LogP contribution is 2.33. The fraction of sp³-hybridized carbons (Fsp3) is 0.176. The van der Waals surface area contributed by atoms with E-state index in [-0.39, 0.29) is 0 Å². The number of nitrogen functional groups attached to an aromatic ring is 1. The largest absolute Gasteiger partial charge is 0.491 e. The summed E-state index contributed by atoms with van der Waals surface area (Å²) in [6, 6.07) is 9.39. The van der Waals surface area contributed by atoms with Crippen molar-refractivity contribution in [1.29, 1.82) is 0 Å². The SMILES string of the molecule is CN(I)CCOc1ccc(N=Nc2c(N)ncc3ccc(Br)cc23)nc1. The monoisotopic (exact) mass is 526 g/mol. The maximum atomic E-state index is 5.98. The summed E-state index contributed by atoms with van der Waals surface area (Å²) in [6.45, 7) is 1.42. The molecule has 0 unspecified atom stereocenters. The van der Waals surface area contributed by atoms with Crippen molar-refractivity contribution in [2.75, 3.05) is 25.9 Å². The molecule has 7 nitrogen and oxygen atoms in total. The predicted octanol–water partition coefficient (Wildman–Crippen LogP) is 5.05. The Labute approximate surface area is 173 Å². The zero-order valence-corrected chi connectivity index (χ0v) is 17.7. The fourth-order valence-electron chi connectivity index (χ4n) is 2.20. The fourth-order valence-corrected chi connectivity index (χ4v) is 2.76. The van der Waals surface area contributed by atoms with Gasteiger partial charge in [-0.1, -0.05) is 22.0 Å². The highest BCUT2D eigenvalue weighted by atomic mass is 127. The number of hydrogen-bond donors (Lipinski definition) is 1. The van der Waals surface area contributed by atoms with Crippen LogP contribution in [0.5, 0.6) is 5.75 Å². The number of aromatic nitrogens is 2. The van der Waals surface area contributed by atoms with Crippen LogP contribution in [0.3, 0.4) is 0 Å². The molecule has 0 amide bonds. The Bertz CT molecular complexity index is 927. The normalized spacial score (nSPS) is 11.5. The van der Waals surface area contributed by atoms with Gasteiger partial charge in [-0.15, -0.1) is 10.2 Å². The first kappa shape index (κ1) is 18.9. The molecule has 0 spiro atoms. The topological polar surface area (TPSA) is 89.0 Å². The van der Waals surface area contributed by atoms with Crippen LogP contribution in [0, 0.1) is 0 Å². The second-order valence-corrected chi connectivity index (χ2v) is 8.02. The van der Waals surface area contributed by atoms with E-state index < -0.39 is 0 Å². The Morgan fingerprint density at radius 1 is 1.19 bits per heavy atom. The molecule has 0 atom stereocenters. The van der Waals surface area contributed by atoms with E-state index in [4.69, 9.17) is 10.5 Å². The lowest BCUT2D eigenvalue weighted by Crippen LogP contribution is -2.14. The van der Waals surface area contributed by atoms with Gasteiger partial charge in [0, 0.05) is 50.9 Å². The lowest BCUT2D eigenvalue weighted by atomic mass is 10.1. The Morgan fingerprint density at radius 2 is 2.04 bits per heavy atom. The van der Waals surface area contributed by atoms with Crippen LogP contribution < -0.4 is 10.5 Å². The molecular formula is C17H16BrIN6O. The smallest absolute Gasteiger partial charge is 0.174 e. The van der Waals surface area contributed by atoms with E-state index in [2.05, 4.69) is 59.0 Å². The van der Waals surface area contributed by atoms with Crippen LogP contribution in [0.1, 0.15) is 0 Å². The molecule has 0 radical (unpaired) electrons. The summed E-state index contributed by atoms with van der Waals surface area (Å²) in [5.74, 6) is 1.48. The molecule has 0 saturated carbocycles. The molecule has 2 heterocycles. The third kappa shape index (κ3) is 4.86. The Kier molecular flexibility index (Phi) is 6.33. The van der Waals surface area contributed by atoms with Crippen molar-refractivity contribution >= 4 is 66.9 Å². The molecule has 2 N–H and O–H groups in total. The highest BCUT2D eigenvalue weighted by molar-refractivity contribution is 14.1. The van der Waals surface area contributed by atoms with Gasteiger partial charge in [-0.3, -0.25) is 0 Å². The molecule has 3 aromatic rings. The van der Waals surface area contributed by atoms with E-state index >= 15 is 0 Å². The summed E-state index contributed by atoms with van der Waals surface area (Å²) in [6.07, 6.45) is 3.34. The highest BCUT2D eigenvalue weighted by Gasteiger charge is 2.07. The number of nitrogens with two attached hydrogens (primary N) is 1. The number of halogens is 2. The first-order valence-electron chi connectivity index (χ1n) is 7.74. The summed E-state index contributed by atoms with van der Waals surface area (Å²) >= 11 is 5.67. The van der Waals surface area contributed by atoms with Gasteiger partial charge in [0.05, 0.1) is 6.20 Å². The van der Waals surface area contributed by atoms with Gasteiger partial charge < -0.3 is 10.5 Å². The van der Waals surface area contributed by atoms with Gasteiger partial charge in [-0.2, -0.15) is 0 Å². The minimum Gasteiger partial charge on any atom is -0.491 e. The molecule has 26 heavy (non-hydrogen) atoms. The van der Waals surface area contributed by atoms with E-state index in [0.29, 0.717) is 29.7 Å². The van der Waals surface area contributed by atoms with Crippen LogP contribution in [0.25, 0.3) is 10.8 Å². The van der Waals surface area contributed by atoms with Gasteiger partial charge in [-0.25, -0.2) is 13.1 Å². The molecule has 0 bridgehead atoms. The molecular weight excluding hydrogens is 511 g/mol. The van der Waals surface area contributed by atoms with Gasteiger partial charge in [0.25, 0.3) is 0 Å². The molecule has 2 aromatic heterocycles. The van der Waals surface area contributed by atoms with E-state index in [0.717, 1.165) is 21.8 Å². The minimum atomic E-state index is 0.322. The second-order valence-electron chi connectivity index (χ2n) is 5.45. The number of hydrogen-bond acceptors (Lipinski definition) is 7. The molecule has 0 aliphatic rings. The zero-order chi connectivity index (χ0) is 18.5. The molecule has 0 fully saturated rings. The van der Waals surface area contributed by atoms with Crippen LogP contribution >= 0.6 is 38.8 Å². The maximum absolute atomic E-state index is 5.98. The summed E-state index contributed by atoms with van der Waals surface area (Å²) in [7, 11) is 1.98. The molecule has 134 valence electrons. The van der Waals surface area contributed by atoms with Crippen LogP contribution in [0.15, 0.2) is 57.4 Å². The number of fused-ring (bicyclic) bond motifs is 1. The van der Waals surface area contributed by atoms with Gasteiger partial charge in [0.2, 0.25) is 0 Å². The predicted molar refractivity (Wildman–Crippen MR) is 114 cm³/mol. The first-order chi connectivity index (χ1) is 12.5. The average molecular weight is 527 g/mol. The minimum absolute atomic E-state index is 0.322. The van der Waals surface area contributed by atoms with Gasteiger partial charge >= 0.3 is 0 Å². The Balaban J connectivity index is 1.79. The van der Waals surface area contributed by atoms with Crippen molar-refractivity contribution in [3.63, 3.8) is 0 Å². The average Bonchev–Trinajstić information content (AvgIpc) is 2.62. The quantitative estimate of drug-likeness (QED) is 0.276. The lowest BCUT2D eigenvalue weighted by molar-refractivity contribution is 0.299. The Hall–Kier alpha value is -1.85. The van der Waals surface area contributed by atoms with Crippen LogP contribution in [0.2, 0.25) is 0 Å². The molecule has 9 heteroatoms. The van der Waals surface area contributed by atoms with Crippen molar-refractivity contribution in [2.24, 2.45) is 10.2 Å². The molecule has 0 saturated heterocycles. The van der Waals surface area contributed by atoms with Crippen molar-refractivity contribution < 1.29 is 4.74 Å². The van der Waals surface area contributed by atoms with Crippen molar-refractivity contribution in [1.82, 2.24) is 13.1 Å². The third-order valence-electron chi connectivity index (χ3n) is 3.50. The van der Waals surface area contributed by atoms with E-state index in [9.17, 15) is 0 Å². The summed E-state index contributed by atoms with van der Waals surface area (Å²) in [5, 5.41) is 10.3. The number of azo groups is 1. The number of anilines is 1. The van der Waals surface area contributed by atoms with Gasteiger partial charge in [0.15, 0.2) is 11.6 Å². The third-order valence-corrected chi connectivity index (χ3v) is 4.47. The number of ether oxygens (including phenoxy) is 1. The van der Waals surface area contributed by atoms with E-state index in [1.165, 1.54) is 0 Å². The molecule has 0 aliphatic heterocycles. The maximum Gasteiger partial charge on any atom is 0.174 e. The van der Waals surface area contributed by atoms with Crippen molar-refractivity contribution in [3.8, 4) is 5.75 Å². The van der Waals surface area contributed by atoms with E-state index in [1.54, 1.807) is 18.5 Å². The Morgan fingerprint density at radius 3 is 2.77 bits per heavy atom. The zero-order valence-electron chi connectivity index (χ0n) is 13.9. The van der Waals surface area contributed by atoms with Gasteiger partial charge in [-0.05, 0) is 31.3 Å². The van der Waals surface area contributed by atoms with Crippen LogP contribution in [-0.2, 0) is 0 Å². The molecule has 1 aromatic carbocycles. The van der Waals surface area contributed by atoms with Gasteiger partial charge in [0.1, 0.15) is 18.0 Å². The standard InChI is InChI=1S/C17H16BrIN6O/c1-25(19)6-7-26-13-4-5-15(21-10-13)23-24-16-14-8-12(18)3-2-11(14)9-22-17(16)20/h2-5,8-10H,6-7H2,1H3,(H2,20,22). The summed E-state index contributed by atoms with van der Waals surface area (Å²) in [5.41, 5.74) is 6.50. The molecule has 0 aliphatic carbocycles. The van der Waals surface area contributed by atoms with Crippen LogP contribution in [-0.4, -0.2) is 33.3 Å². The number of pyridine rings is 2. The number of benzene rings is 1.